The lowest BCUT2D eigenvalue weighted by atomic mass is 9.64. The molecule has 1 aliphatic carbocycles. The minimum absolute atomic E-state index is 0.182. The van der Waals surface area contributed by atoms with E-state index in [0.29, 0.717) is 12.1 Å². The summed E-state index contributed by atoms with van der Waals surface area (Å²) in [5.74, 6) is 0. The minimum atomic E-state index is -0.338. The molecule has 0 saturated heterocycles. The van der Waals surface area contributed by atoms with Crippen LogP contribution in [-0.4, -0.2) is 25.8 Å². The van der Waals surface area contributed by atoms with Crippen LogP contribution in [0.4, 0.5) is 0 Å². The Bertz CT molecular complexity index is 414. The lowest BCUT2D eigenvalue weighted by Gasteiger charge is -2.52. The number of benzene rings is 1. The Balaban J connectivity index is 1.93. The van der Waals surface area contributed by atoms with E-state index in [0.717, 1.165) is 13.0 Å². The number of methoxy groups -OCH3 is 1. The van der Waals surface area contributed by atoms with Crippen LogP contribution in [0.3, 0.4) is 0 Å². The van der Waals surface area contributed by atoms with Crippen molar-refractivity contribution in [3.63, 3.8) is 0 Å². The summed E-state index contributed by atoms with van der Waals surface area (Å²) in [5.41, 5.74) is 7.44. The van der Waals surface area contributed by atoms with Crippen molar-refractivity contribution in [3.05, 3.63) is 35.9 Å². The van der Waals surface area contributed by atoms with Gasteiger partial charge in [0, 0.05) is 25.1 Å². The second-order valence-corrected chi connectivity index (χ2v) is 6.50. The number of rotatable bonds is 5. The third kappa shape index (κ3) is 2.83. The lowest BCUT2D eigenvalue weighted by molar-refractivity contribution is -0.0983. The number of ether oxygens (including phenoxy) is 1. The second kappa shape index (κ2) is 5.23. The quantitative estimate of drug-likeness (QED) is 0.855. The summed E-state index contributed by atoms with van der Waals surface area (Å²) in [6.45, 7) is 7.35. The summed E-state index contributed by atoms with van der Waals surface area (Å²) in [5, 5.41) is 3.61. The summed E-state index contributed by atoms with van der Waals surface area (Å²) >= 11 is 0. The van der Waals surface area contributed by atoms with Crippen LogP contribution in [0.15, 0.2) is 30.3 Å². The molecule has 2 rings (SSSR count). The first kappa shape index (κ1) is 14.5. The van der Waals surface area contributed by atoms with Crippen LogP contribution in [-0.2, 0) is 10.3 Å². The molecule has 106 valence electrons. The molecule has 0 radical (unpaired) electrons. The van der Waals surface area contributed by atoms with Gasteiger partial charge >= 0.3 is 0 Å². The van der Waals surface area contributed by atoms with E-state index in [2.05, 4.69) is 38.2 Å². The molecule has 0 aliphatic heterocycles. The molecule has 0 amide bonds. The van der Waals surface area contributed by atoms with E-state index in [1.807, 2.05) is 18.2 Å². The molecular weight excluding hydrogens is 236 g/mol. The Hall–Kier alpha value is -0.900. The van der Waals surface area contributed by atoms with Gasteiger partial charge in [0.2, 0.25) is 0 Å². The summed E-state index contributed by atoms with van der Waals surface area (Å²) in [6, 6.07) is 10.7. The molecule has 19 heavy (non-hydrogen) atoms. The van der Waals surface area contributed by atoms with Crippen molar-refractivity contribution in [2.75, 3.05) is 13.7 Å². The molecule has 0 bridgehead atoms. The zero-order chi connectivity index (χ0) is 14.1. The maximum atomic E-state index is 6.43. The first-order valence-electron chi connectivity index (χ1n) is 6.98. The van der Waals surface area contributed by atoms with Gasteiger partial charge in [0.25, 0.3) is 0 Å². The first-order chi connectivity index (χ1) is 8.88. The van der Waals surface area contributed by atoms with Crippen molar-refractivity contribution in [2.24, 2.45) is 11.1 Å². The summed E-state index contributed by atoms with van der Waals surface area (Å²) in [6.07, 6.45) is 1.42. The van der Waals surface area contributed by atoms with Gasteiger partial charge < -0.3 is 15.8 Å². The van der Waals surface area contributed by atoms with E-state index in [-0.39, 0.29) is 11.0 Å². The van der Waals surface area contributed by atoms with Crippen LogP contribution in [0.25, 0.3) is 0 Å². The molecule has 3 unspecified atom stereocenters. The molecule has 3 atom stereocenters. The maximum absolute atomic E-state index is 6.43. The van der Waals surface area contributed by atoms with E-state index in [4.69, 9.17) is 10.5 Å². The largest absolute Gasteiger partial charge is 0.381 e. The molecule has 1 aromatic carbocycles. The topological polar surface area (TPSA) is 47.3 Å². The Morgan fingerprint density at radius 1 is 1.37 bits per heavy atom. The normalized spacial score (nSPS) is 28.5. The molecule has 3 N–H and O–H groups in total. The predicted octanol–water partition coefficient (Wildman–Crippen LogP) is 2.26. The third-order valence-corrected chi connectivity index (χ3v) is 4.61. The highest BCUT2D eigenvalue weighted by atomic mass is 16.5. The molecule has 3 heteroatoms. The molecule has 1 aliphatic rings. The molecule has 1 saturated carbocycles. The fraction of sp³-hybridized carbons (Fsp3) is 0.625. The third-order valence-electron chi connectivity index (χ3n) is 4.61. The first-order valence-corrected chi connectivity index (χ1v) is 6.98. The van der Waals surface area contributed by atoms with Gasteiger partial charge in [0.05, 0.1) is 11.6 Å². The monoisotopic (exact) mass is 262 g/mol. The maximum Gasteiger partial charge on any atom is 0.0652 e. The van der Waals surface area contributed by atoms with E-state index in [1.165, 1.54) is 5.56 Å². The molecule has 0 spiro atoms. The molecule has 0 aromatic heterocycles. The highest BCUT2D eigenvalue weighted by molar-refractivity contribution is 5.23. The SMILES string of the molecule is COC1CC(NCC(C)(N)c2ccccc2)C1(C)C. The molecule has 0 heterocycles. The number of hydrogen-bond donors (Lipinski definition) is 2. The Morgan fingerprint density at radius 2 is 2.00 bits per heavy atom. The summed E-state index contributed by atoms with van der Waals surface area (Å²) < 4.78 is 5.48. The number of hydrogen-bond acceptors (Lipinski definition) is 3. The van der Waals surface area contributed by atoms with Gasteiger partial charge in [0.1, 0.15) is 0 Å². The van der Waals surface area contributed by atoms with Crippen LogP contribution in [0.5, 0.6) is 0 Å². The Labute approximate surface area is 116 Å². The van der Waals surface area contributed by atoms with Gasteiger partial charge in [-0.15, -0.1) is 0 Å². The van der Waals surface area contributed by atoms with Crippen molar-refractivity contribution >= 4 is 0 Å². The zero-order valence-corrected chi connectivity index (χ0v) is 12.4. The van der Waals surface area contributed by atoms with Crippen molar-refractivity contribution in [1.82, 2.24) is 5.32 Å². The minimum Gasteiger partial charge on any atom is -0.381 e. The van der Waals surface area contributed by atoms with Gasteiger partial charge in [0.15, 0.2) is 0 Å². The molecule has 1 aromatic rings. The Kier molecular flexibility index (Phi) is 4.00. The van der Waals surface area contributed by atoms with Crippen molar-refractivity contribution < 1.29 is 4.74 Å². The van der Waals surface area contributed by atoms with E-state index >= 15 is 0 Å². The standard InChI is InChI=1S/C16H26N2O/c1-15(2)13(10-14(15)19-4)18-11-16(3,17)12-8-6-5-7-9-12/h5-9,13-14,18H,10-11,17H2,1-4H3. The average molecular weight is 262 g/mol. The van der Waals surface area contributed by atoms with Crippen molar-refractivity contribution in [1.29, 1.82) is 0 Å². The van der Waals surface area contributed by atoms with Gasteiger partial charge in [-0.2, -0.15) is 0 Å². The predicted molar refractivity (Wildman–Crippen MR) is 79.0 cm³/mol. The molecule has 3 nitrogen and oxygen atoms in total. The van der Waals surface area contributed by atoms with Crippen LogP contribution in [0.1, 0.15) is 32.8 Å². The average Bonchev–Trinajstić information content (AvgIpc) is 2.38. The van der Waals surface area contributed by atoms with Crippen LogP contribution < -0.4 is 11.1 Å². The van der Waals surface area contributed by atoms with Crippen LogP contribution in [0, 0.1) is 5.41 Å². The second-order valence-electron chi connectivity index (χ2n) is 6.50. The highest BCUT2D eigenvalue weighted by Crippen LogP contribution is 2.42. The highest BCUT2D eigenvalue weighted by Gasteiger charge is 2.48. The zero-order valence-electron chi connectivity index (χ0n) is 12.4. The molecule has 1 fully saturated rings. The lowest BCUT2D eigenvalue weighted by Crippen LogP contribution is -2.62. The van der Waals surface area contributed by atoms with Gasteiger partial charge in [-0.25, -0.2) is 0 Å². The number of nitrogens with one attached hydrogen (secondary N) is 1. The fourth-order valence-corrected chi connectivity index (χ4v) is 2.89. The fourth-order valence-electron chi connectivity index (χ4n) is 2.89. The Morgan fingerprint density at radius 3 is 2.53 bits per heavy atom. The smallest absolute Gasteiger partial charge is 0.0652 e. The van der Waals surface area contributed by atoms with Crippen LogP contribution in [0.2, 0.25) is 0 Å². The van der Waals surface area contributed by atoms with Crippen molar-refractivity contribution in [3.8, 4) is 0 Å². The van der Waals surface area contributed by atoms with Crippen molar-refractivity contribution in [2.45, 2.75) is 44.9 Å². The van der Waals surface area contributed by atoms with Gasteiger partial charge in [-0.3, -0.25) is 0 Å². The molecular formula is C16H26N2O. The summed E-state index contributed by atoms with van der Waals surface area (Å²) in [7, 11) is 1.79. The number of nitrogens with two attached hydrogens (primary N) is 1. The van der Waals surface area contributed by atoms with E-state index in [1.54, 1.807) is 7.11 Å². The van der Waals surface area contributed by atoms with E-state index in [9.17, 15) is 0 Å². The van der Waals surface area contributed by atoms with E-state index < -0.39 is 0 Å². The van der Waals surface area contributed by atoms with Gasteiger partial charge in [-0.1, -0.05) is 44.2 Å². The van der Waals surface area contributed by atoms with Gasteiger partial charge in [-0.05, 0) is 18.9 Å². The van der Waals surface area contributed by atoms with Crippen LogP contribution >= 0.6 is 0 Å². The summed E-state index contributed by atoms with van der Waals surface area (Å²) in [4.78, 5) is 0.